The van der Waals surface area contributed by atoms with E-state index in [4.69, 9.17) is 17.3 Å². The second-order valence-electron chi connectivity index (χ2n) is 4.94. The molecule has 0 radical (unpaired) electrons. The number of hydrogen-bond acceptors (Lipinski definition) is 2. The van der Waals surface area contributed by atoms with Crippen molar-refractivity contribution in [3.63, 3.8) is 0 Å². The summed E-state index contributed by atoms with van der Waals surface area (Å²) in [5, 5.41) is 2.25. The van der Waals surface area contributed by atoms with Crippen LogP contribution < -0.4 is 11.1 Å². The number of hydrogen-bond donors (Lipinski definition) is 2. The fourth-order valence-corrected chi connectivity index (χ4v) is 1.68. The molecule has 0 saturated carbocycles. The van der Waals surface area contributed by atoms with Crippen LogP contribution in [0.5, 0.6) is 0 Å². The minimum Gasteiger partial charge on any atom is -0.326 e. The van der Waals surface area contributed by atoms with E-state index in [0.29, 0.717) is 0 Å². The van der Waals surface area contributed by atoms with Crippen molar-refractivity contribution < 1.29 is 18.0 Å². The molecule has 0 aromatic heterocycles. The summed E-state index contributed by atoms with van der Waals surface area (Å²) < 4.78 is 37.7. The summed E-state index contributed by atoms with van der Waals surface area (Å²) in [6, 6.07) is 2.87. The van der Waals surface area contributed by atoms with E-state index in [1.54, 1.807) is 13.8 Å². The Labute approximate surface area is 113 Å². The Balaban J connectivity index is 2.91. The molecule has 1 amide bonds. The van der Waals surface area contributed by atoms with Gasteiger partial charge in [-0.05, 0) is 32.0 Å². The quantitative estimate of drug-likeness (QED) is 0.897. The van der Waals surface area contributed by atoms with Gasteiger partial charge in [-0.25, -0.2) is 0 Å². The maximum absolute atomic E-state index is 12.6. The van der Waals surface area contributed by atoms with Crippen LogP contribution in [0, 0.1) is 0 Å². The van der Waals surface area contributed by atoms with Crippen LogP contribution in [-0.2, 0) is 11.0 Å². The van der Waals surface area contributed by atoms with Gasteiger partial charge in [0, 0.05) is 22.7 Å². The molecule has 0 aliphatic heterocycles. The Hall–Kier alpha value is -1.27. The van der Waals surface area contributed by atoms with Gasteiger partial charge in [-0.2, -0.15) is 13.2 Å². The van der Waals surface area contributed by atoms with Gasteiger partial charge in [-0.3, -0.25) is 4.79 Å². The van der Waals surface area contributed by atoms with Crippen molar-refractivity contribution in [1.29, 1.82) is 0 Å². The topological polar surface area (TPSA) is 55.1 Å². The Morgan fingerprint density at radius 1 is 1.32 bits per heavy atom. The van der Waals surface area contributed by atoms with Crippen LogP contribution >= 0.6 is 11.6 Å². The summed E-state index contributed by atoms with van der Waals surface area (Å²) in [6.45, 7) is 3.29. The lowest BCUT2D eigenvalue weighted by molar-refractivity contribution is -0.137. The van der Waals surface area contributed by atoms with Crippen LogP contribution in [0.2, 0.25) is 5.02 Å². The summed E-state index contributed by atoms with van der Waals surface area (Å²) in [5.74, 6) is -0.470. The van der Waals surface area contributed by atoms with Gasteiger partial charge >= 0.3 is 6.18 Å². The summed E-state index contributed by atoms with van der Waals surface area (Å²) >= 11 is 5.60. The van der Waals surface area contributed by atoms with E-state index in [1.165, 1.54) is 6.07 Å². The minimum atomic E-state index is -4.52. The van der Waals surface area contributed by atoms with E-state index < -0.39 is 23.2 Å². The normalized spacial score (nSPS) is 12.4. The second-order valence-corrected chi connectivity index (χ2v) is 5.38. The molecule has 0 unspecified atom stereocenters. The van der Waals surface area contributed by atoms with Gasteiger partial charge < -0.3 is 11.1 Å². The minimum absolute atomic E-state index is 0.00549. The number of nitrogens with one attached hydrogen (secondary N) is 1. The lowest BCUT2D eigenvalue weighted by Crippen LogP contribution is -2.36. The predicted octanol–water partition coefficient (Wildman–Crippen LogP) is 3.42. The van der Waals surface area contributed by atoms with E-state index in [9.17, 15) is 18.0 Å². The first-order chi connectivity index (χ1) is 8.47. The summed E-state index contributed by atoms with van der Waals surface area (Å²) in [4.78, 5) is 11.6. The van der Waals surface area contributed by atoms with Crippen molar-refractivity contribution >= 4 is 23.2 Å². The Kier molecular flexibility index (Phi) is 4.47. The van der Waals surface area contributed by atoms with Crippen molar-refractivity contribution in [3.8, 4) is 0 Å². The molecule has 106 valence electrons. The average molecular weight is 295 g/mol. The van der Waals surface area contributed by atoms with Crippen LogP contribution in [0.3, 0.4) is 0 Å². The molecule has 0 bridgehead atoms. The molecule has 1 rings (SSSR count). The maximum Gasteiger partial charge on any atom is 0.416 e. The lowest BCUT2D eigenvalue weighted by atomic mass is 10.0. The maximum atomic E-state index is 12.6. The van der Waals surface area contributed by atoms with Gasteiger partial charge in [0.1, 0.15) is 0 Å². The third-order valence-electron chi connectivity index (χ3n) is 2.13. The average Bonchev–Trinajstić information content (AvgIpc) is 2.11. The smallest absolute Gasteiger partial charge is 0.326 e. The van der Waals surface area contributed by atoms with Crippen LogP contribution in [0.15, 0.2) is 18.2 Å². The van der Waals surface area contributed by atoms with Crippen molar-refractivity contribution in [3.05, 3.63) is 28.8 Å². The molecule has 0 aliphatic rings. The molecule has 7 heteroatoms. The number of carbonyl (C=O) groups is 1. The zero-order valence-corrected chi connectivity index (χ0v) is 11.2. The lowest BCUT2D eigenvalue weighted by Gasteiger charge is -2.18. The first-order valence-corrected chi connectivity index (χ1v) is 5.82. The fourth-order valence-electron chi connectivity index (χ4n) is 1.44. The van der Waals surface area contributed by atoms with Crippen molar-refractivity contribution in [2.24, 2.45) is 5.73 Å². The number of amides is 1. The van der Waals surface area contributed by atoms with Crippen molar-refractivity contribution in [2.75, 3.05) is 5.32 Å². The Morgan fingerprint density at radius 3 is 2.37 bits per heavy atom. The van der Waals surface area contributed by atoms with Gasteiger partial charge in [0.05, 0.1) is 5.56 Å². The summed E-state index contributed by atoms with van der Waals surface area (Å²) in [5.41, 5.74) is 3.99. The summed E-state index contributed by atoms with van der Waals surface area (Å²) in [7, 11) is 0. The molecule has 0 saturated heterocycles. The first-order valence-electron chi connectivity index (χ1n) is 5.44. The number of alkyl halides is 3. The molecular weight excluding hydrogens is 281 g/mol. The third kappa shape index (κ3) is 5.48. The van der Waals surface area contributed by atoms with Gasteiger partial charge in [0.15, 0.2) is 0 Å². The SMILES string of the molecule is CC(C)(N)CC(=O)Nc1cc(Cl)cc(C(F)(F)F)c1. The standard InChI is InChI=1S/C12H14ClF3N2O/c1-11(2,17)6-10(19)18-9-4-7(12(14,15)16)3-8(13)5-9/h3-5H,6,17H2,1-2H3,(H,18,19). The Bertz CT molecular complexity index is 481. The van der Waals surface area contributed by atoms with Crippen LogP contribution in [0.1, 0.15) is 25.8 Å². The fraction of sp³-hybridized carbons (Fsp3) is 0.417. The third-order valence-corrected chi connectivity index (χ3v) is 2.34. The van der Waals surface area contributed by atoms with Crippen LogP contribution in [0.25, 0.3) is 0 Å². The van der Waals surface area contributed by atoms with Crippen molar-refractivity contribution in [1.82, 2.24) is 0 Å². The highest BCUT2D eigenvalue weighted by Gasteiger charge is 2.31. The zero-order valence-electron chi connectivity index (χ0n) is 10.4. The zero-order chi connectivity index (χ0) is 14.8. The number of halogens is 4. The predicted molar refractivity (Wildman–Crippen MR) is 68.0 cm³/mol. The van der Waals surface area contributed by atoms with E-state index >= 15 is 0 Å². The molecule has 0 aliphatic carbocycles. The molecule has 0 spiro atoms. The molecule has 3 nitrogen and oxygen atoms in total. The molecule has 1 aromatic carbocycles. The molecule has 0 atom stereocenters. The van der Waals surface area contributed by atoms with E-state index in [-0.39, 0.29) is 17.1 Å². The highest BCUT2D eigenvalue weighted by Crippen LogP contribution is 2.33. The molecule has 1 aromatic rings. The highest BCUT2D eigenvalue weighted by atomic mass is 35.5. The van der Waals surface area contributed by atoms with Gasteiger partial charge in [-0.15, -0.1) is 0 Å². The second kappa shape index (κ2) is 5.38. The molecule has 0 fully saturated rings. The largest absolute Gasteiger partial charge is 0.416 e. The van der Waals surface area contributed by atoms with Gasteiger partial charge in [0.2, 0.25) is 5.91 Å². The Morgan fingerprint density at radius 2 is 1.89 bits per heavy atom. The monoisotopic (exact) mass is 294 g/mol. The molecule has 0 heterocycles. The number of rotatable bonds is 3. The number of carbonyl (C=O) groups excluding carboxylic acids is 1. The van der Waals surface area contributed by atoms with Gasteiger partial charge in [0.25, 0.3) is 0 Å². The van der Waals surface area contributed by atoms with E-state index in [1.807, 2.05) is 0 Å². The highest BCUT2D eigenvalue weighted by molar-refractivity contribution is 6.31. The number of anilines is 1. The number of nitrogens with two attached hydrogens (primary N) is 1. The molecular formula is C12H14ClF3N2O. The van der Waals surface area contributed by atoms with Crippen LogP contribution in [-0.4, -0.2) is 11.4 Å². The molecule has 19 heavy (non-hydrogen) atoms. The van der Waals surface area contributed by atoms with E-state index in [2.05, 4.69) is 5.32 Å². The van der Waals surface area contributed by atoms with Gasteiger partial charge in [-0.1, -0.05) is 11.6 Å². The summed E-state index contributed by atoms with van der Waals surface area (Å²) in [6.07, 6.45) is -4.53. The molecule has 3 N–H and O–H groups in total. The van der Waals surface area contributed by atoms with Crippen molar-refractivity contribution in [2.45, 2.75) is 32.0 Å². The first kappa shape index (κ1) is 15.8. The van der Waals surface area contributed by atoms with E-state index in [0.717, 1.165) is 12.1 Å². The number of benzene rings is 1. The van der Waals surface area contributed by atoms with Crippen LogP contribution in [0.4, 0.5) is 18.9 Å².